The number of halogens is 1. The van der Waals surface area contributed by atoms with Gasteiger partial charge in [-0.1, -0.05) is 11.6 Å². The average molecular weight is 356 g/mol. The maximum atomic E-state index is 9.48. The van der Waals surface area contributed by atoms with E-state index in [2.05, 4.69) is 25.6 Å². The first kappa shape index (κ1) is 17.0. The molecule has 0 spiro atoms. The Morgan fingerprint density at radius 2 is 1.96 bits per heavy atom. The highest BCUT2D eigenvalue weighted by atomic mass is 35.5. The third-order valence-corrected chi connectivity index (χ3v) is 3.63. The monoisotopic (exact) mass is 355 g/mol. The highest BCUT2D eigenvalue weighted by molar-refractivity contribution is 6.33. The van der Waals surface area contributed by atoms with Crippen molar-refractivity contribution in [1.29, 1.82) is 0 Å². The molecule has 3 rings (SSSR count). The molecule has 0 aliphatic rings. The minimum atomic E-state index is 0.108. The first-order valence-corrected chi connectivity index (χ1v) is 8.20. The lowest BCUT2D eigenvalue weighted by Crippen LogP contribution is -2.13. The van der Waals surface area contributed by atoms with Gasteiger partial charge in [-0.15, -0.1) is 0 Å². The summed E-state index contributed by atoms with van der Waals surface area (Å²) in [5.74, 6) is 1.20. The summed E-state index contributed by atoms with van der Waals surface area (Å²) < 4.78 is 0. The number of aromatic hydroxyl groups is 1. The van der Waals surface area contributed by atoms with Gasteiger partial charge in [0.05, 0.1) is 16.4 Å². The molecule has 128 valence electrons. The van der Waals surface area contributed by atoms with Crippen molar-refractivity contribution in [3.05, 3.63) is 53.8 Å². The van der Waals surface area contributed by atoms with Gasteiger partial charge >= 0.3 is 0 Å². The van der Waals surface area contributed by atoms with E-state index in [1.807, 2.05) is 32.0 Å². The van der Waals surface area contributed by atoms with E-state index in [4.69, 9.17) is 11.6 Å². The smallest absolute Gasteiger partial charge is 0.225 e. The number of benzene rings is 1. The molecule has 0 radical (unpaired) electrons. The SMILES string of the molecule is CC(C)Nc1nc(Nc2ccc(O)cc2Cl)cc(-c2cccnc2)n1. The van der Waals surface area contributed by atoms with Crippen molar-refractivity contribution in [3.63, 3.8) is 0 Å². The number of phenols is 1. The number of anilines is 3. The molecule has 0 aliphatic heterocycles. The number of nitrogens with zero attached hydrogens (tertiary/aromatic N) is 3. The van der Waals surface area contributed by atoms with Gasteiger partial charge in [0, 0.05) is 36.1 Å². The fraction of sp³-hybridized carbons (Fsp3) is 0.167. The summed E-state index contributed by atoms with van der Waals surface area (Å²) in [6, 6.07) is 10.5. The van der Waals surface area contributed by atoms with E-state index in [9.17, 15) is 5.11 Å². The Morgan fingerprint density at radius 1 is 1.12 bits per heavy atom. The molecule has 3 N–H and O–H groups in total. The fourth-order valence-corrected chi connectivity index (χ4v) is 2.46. The molecule has 0 atom stereocenters. The number of hydrogen-bond donors (Lipinski definition) is 3. The number of rotatable bonds is 5. The van der Waals surface area contributed by atoms with Crippen LogP contribution in [0.15, 0.2) is 48.8 Å². The van der Waals surface area contributed by atoms with Crippen molar-refractivity contribution in [3.8, 4) is 17.0 Å². The van der Waals surface area contributed by atoms with Crippen molar-refractivity contribution >= 4 is 29.1 Å². The second-order valence-corrected chi connectivity index (χ2v) is 6.20. The van der Waals surface area contributed by atoms with Crippen molar-refractivity contribution < 1.29 is 5.11 Å². The molecular weight excluding hydrogens is 338 g/mol. The Balaban J connectivity index is 2.00. The van der Waals surface area contributed by atoms with Gasteiger partial charge in [-0.05, 0) is 38.1 Å². The summed E-state index contributed by atoms with van der Waals surface area (Å²) in [4.78, 5) is 13.2. The van der Waals surface area contributed by atoms with Crippen molar-refractivity contribution in [2.45, 2.75) is 19.9 Å². The van der Waals surface area contributed by atoms with Gasteiger partial charge in [0.15, 0.2) is 0 Å². The molecule has 0 fully saturated rings. The lowest BCUT2D eigenvalue weighted by Gasteiger charge is -2.13. The topological polar surface area (TPSA) is 83.0 Å². The summed E-state index contributed by atoms with van der Waals surface area (Å²) in [5, 5.41) is 16.3. The van der Waals surface area contributed by atoms with Crippen LogP contribution >= 0.6 is 11.6 Å². The van der Waals surface area contributed by atoms with Crippen LogP contribution in [-0.2, 0) is 0 Å². The second kappa shape index (κ2) is 7.36. The van der Waals surface area contributed by atoms with Crippen LogP contribution in [0.5, 0.6) is 5.75 Å². The lowest BCUT2D eigenvalue weighted by molar-refractivity contribution is 0.475. The maximum absolute atomic E-state index is 9.48. The normalized spacial score (nSPS) is 10.7. The number of nitrogens with one attached hydrogen (secondary N) is 2. The van der Waals surface area contributed by atoms with Gasteiger partial charge in [0.25, 0.3) is 0 Å². The lowest BCUT2D eigenvalue weighted by atomic mass is 10.2. The highest BCUT2D eigenvalue weighted by Crippen LogP contribution is 2.29. The quantitative estimate of drug-likeness (QED) is 0.586. The minimum Gasteiger partial charge on any atom is -0.508 e. The van der Waals surface area contributed by atoms with Crippen LogP contribution in [0.25, 0.3) is 11.3 Å². The number of aromatic nitrogens is 3. The number of phenolic OH excluding ortho intramolecular Hbond substituents is 1. The third-order valence-electron chi connectivity index (χ3n) is 3.32. The van der Waals surface area contributed by atoms with E-state index >= 15 is 0 Å². The van der Waals surface area contributed by atoms with Gasteiger partial charge in [0.2, 0.25) is 5.95 Å². The zero-order chi connectivity index (χ0) is 17.8. The Hall–Kier alpha value is -2.86. The van der Waals surface area contributed by atoms with E-state index in [0.29, 0.717) is 22.5 Å². The molecule has 0 bridgehead atoms. The van der Waals surface area contributed by atoms with Crippen LogP contribution in [0.2, 0.25) is 5.02 Å². The summed E-state index contributed by atoms with van der Waals surface area (Å²) in [6.45, 7) is 4.04. The molecule has 2 aromatic heterocycles. The Labute approximate surface area is 150 Å². The molecule has 7 heteroatoms. The Morgan fingerprint density at radius 3 is 2.64 bits per heavy atom. The molecular formula is C18H18ClN5O. The fourth-order valence-electron chi connectivity index (χ4n) is 2.24. The van der Waals surface area contributed by atoms with Crippen molar-refractivity contribution in [2.24, 2.45) is 0 Å². The van der Waals surface area contributed by atoms with Gasteiger partial charge in [0.1, 0.15) is 11.6 Å². The van der Waals surface area contributed by atoms with Crippen molar-refractivity contribution in [2.75, 3.05) is 10.6 Å². The van der Waals surface area contributed by atoms with Crippen LogP contribution in [0.3, 0.4) is 0 Å². The summed E-state index contributed by atoms with van der Waals surface area (Å²) in [6.07, 6.45) is 3.46. The van der Waals surface area contributed by atoms with Gasteiger partial charge < -0.3 is 15.7 Å². The predicted molar refractivity (Wildman–Crippen MR) is 100 cm³/mol. The van der Waals surface area contributed by atoms with E-state index in [0.717, 1.165) is 11.3 Å². The minimum absolute atomic E-state index is 0.108. The number of pyridine rings is 1. The van der Waals surface area contributed by atoms with E-state index in [1.54, 1.807) is 24.5 Å². The molecule has 0 saturated carbocycles. The molecule has 1 aromatic carbocycles. The van der Waals surface area contributed by atoms with Gasteiger partial charge in [-0.2, -0.15) is 4.98 Å². The van der Waals surface area contributed by atoms with Crippen LogP contribution in [-0.4, -0.2) is 26.1 Å². The molecule has 2 heterocycles. The molecule has 0 amide bonds. The molecule has 0 saturated heterocycles. The van der Waals surface area contributed by atoms with Crippen LogP contribution in [0, 0.1) is 0 Å². The van der Waals surface area contributed by atoms with Crippen LogP contribution in [0.4, 0.5) is 17.5 Å². The third kappa shape index (κ3) is 4.36. The maximum Gasteiger partial charge on any atom is 0.225 e. The summed E-state index contributed by atoms with van der Waals surface area (Å²) >= 11 is 6.17. The van der Waals surface area contributed by atoms with E-state index in [-0.39, 0.29) is 11.8 Å². The zero-order valence-corrected chi connectivity index (χ0v) is 14.6. The average Bonchev–Trinajstić information content (AvgIpc) is 2.57. The summed E-state index contributed by atoms with van der Waals surface area (Å²) in [5.41, 5.74) is 2.27. The van der Waals surface area contributed by atoms with Crippen LogP contribution in [0.1, 0.15) is 13.8 Å². The summed E-state index contributed by atoms with van der Waals surface area (Å²) in [7, 11) is 0. The van der Waals surface area contributed by atoms with Crippen molar-refractivity contribution in [1.82, 2.24) is 15.0 Å². The van der Waals surface area contributed by atoms with Gasteiger partial charge in [-0.3, -0.25) is 4.98 Å². The standard InChI is InChI=1S/C18H18ClN5O/c1-11(2)21-18-23-16(12-4-3-7-20-10-12)9-17(24-18)22-15-6-5-13(25)8-14(15)19/h3-11,25H,1-2H3,(H2,21,22,23,24). The largest absolute Gasteiger partial charge is 0.508 e. The predicted octanol–water partition coefficient (Wildman–Crippen LogP) is 4.46. The first-order chi connectivity index (χ1) is 12.0. The number of hydrogen-bond acceptors (Lipinski definition) is 6. The molecule has 0 unspecified atom stereocenters. The molecule has 25 heavy (non-hydrogen) atoms. The first-order valence-electron chi connectivity index (χ1n) is 7.83. The molecule has 0 aliphatic carbocycles. The van der Waals surface area contributed by atoms with Gasteiger partial charge in [-0.25, -0.2) is 4.98 Å². The Bertz CT molecular complexity index is 871. The molecule has 6 nitrogen and oxygen atoms in total. The second-order valence-electron chi connectivity index (χ2n) is 5.79. The highest BCUT2D eigenvalue weighted by Gasteiger charge is 2.10. The molecule has 3 aromatic rings. The Kier molecular flexibility index (Phi) is 5.00. The van der Waals surface area contributed by atoms with Crippen LogP contribution < -0.4 is 10.6 Å². The van der Waals surface area contributed by atoms with E-state index in [1.165, 1.54) is 6.07 Å². The van der Waals surface area contributed by atoms with E-state index < -0.39 is 0 Å². The zero-order valence-electron chi connectivity index (χ0n) is 13.9.